The van der Waals surface area contributed by atoms with E-state index in [0.29, 0.717) is 13.2 Å². The van der Waals surface area contributed by atoms with E-state index in [9.17, 15) is 4.79 Å². The molecule has 3 rings (SSSR count). The van der Waals surface area contributed by atoms with E-state index in [1.54, 1.807) is 9.47 Å². The Labute approximate surface area is 142 Å². The minimum Gasteiger partial charge on any atom is -0.354 e. The number of rotatable bonds is 5. The van der Waals surface area contributed by atoms with Gasteiger partial charge >= 0.3 is 6.03 Å². The molecule has 1 amide bonds. The zero-order valence-corrected chi connectivity index (χ0v) is 14.1. The Morgan fingerprint density at radius 2 is 1.79 bits per heavy atom. The zero-order valence-electron chi connectivity index (χ0n) is 14.1. The summed E-state index contributed by atoms with van der Waals surface area (Å²) in [5.41, 5.74) is 2.01. The molecule has 1 unspecified atom stereocenters. The van der Waals surface area contributed by atoms with Crippen LogP contribution < -0.4 is 0 Å². The van der Waals surface area contributed by atoms with E-state index in [4.69, 9.17) is 4.74 Å². The SMILES string of the molecule is CCN(C(=O)n1ccc2ccccc21)C(C)OCc1ccccc1. The Bertz CT molecular complexity index is 811. The van der Waals surface area contributed by atoms with E-state index in [1.165, 1.54) is 0 Å². The summed E-state index contributed by atoms with van der Waals surface area (Å²) in [6.07, 6.45) is 1.52. The third-order valence-corrected chi connectivity index (χ3v) is 4.16. The number of nitrogens with zero attached hydrogens (tertiary/aromatic N) is 2. The Kier molecular flexibility index (Phi) is 4.96. The molecule has 1 atom stereocenters. The molecule has 0 aliphatic heterocycles. The minimum atomic E-state index is -0.302. The number of hydrogen-bond donors (Lipinski definition) is 0. The summed E-state index contributed by atoms with van der Waals surface area (Å²) in [5.74, 6) is 0. The number of fused-ring (bicyclic) bond motifs is 1. The molecule has 0 aliphatic rings. The van der Waals surface area contributed by atoms with Gasteiger partial charge in [-0.05, 0) is 31.5 Å². The summed E-state index contributed by atoms with van der Waals surface area (Å²) in [6, 6.07) is 19.7. The topological polar surface area (TPSA) is 34.5 Å². The second kappa shape index (κ2) is 7.32. The summed E-state index contributed by atoms with van der Waals surface area (Å²) in [5, 5.41) is 1.06. The van der Waals surface area contributed by atoms with Crippen LogP contribution in [0.2, 0.25) is 0 Å². The third-order valence-electron chi connectivity index (χ3n) is 4.16. The van der Waals surface area contributed by atoms with E-state index in [0.717, 1.165) is 16.5 Å². The Hall–Kier alpha value is -2.59. The molecule has 1 heterocycles. The normalized spacial score (nSPS) is 12.2. The lowest BCUT2D eigenvalue weighted by atomic mass is 10.2. The van der Waals surface area contributed by atoms with Crippen molar-refractivity contribution in [3.8, 4) is 0 Å². The van der Waals surface area contributed by atoms with E-state index in [1.807, 2.05) is 80.7 Å². The van der Waals surface area contributed by atoms with Gasteiger partial charge in [0.1, 0.15) is 6.23 Å². The van der Waals surface area contributed by atoms with Crippen molar-refractivity contribution < 1.29 is 9.53 Å². The molecule has 4 heteroatoms. The van der Waals surface area contributed by atoms with Crippen LogP contribution >= 0.6 is 0 Å². The summed E-state index contributed by atoms with van der Waals surface area (Å²) < 4.78 is 7.59. The van der Waals surface area contributed by atoms with Crippen LogP contribution in [-0.4, -0.2) is 28.3 Å². The molecule has 0 fully saturated rings. The first-order valence-electron chi connectivity index (χ1n) is 8.23. The number of ether oxygens (including phenoxy) is 1. The molecule has 0 bridgehead atoms. The highest BCUT2D eigenvalue weighted by Gasteiger charge is 2.21. The zero-order chi connectivity index (χ0) is 16.9. The number of para-hydroxylation sites is 1. The Morgan fingerprint density at radius 3 is 2.54 bits per heavy atom. The average molecular weight is 322 g/mol. The Balaban J connectivity index is 1.74. The highest BCUT2D eigenvalue weighted by molar-refractivity contribution is 5.91. The van der Waals surface area contributed by atoms with Gasteiger partial charge in [0.25, 0.3) is 0 Å². The van der Waals surface area contributed by atoms with Crippen molar-refractivity contribution in [2.45, 2.75) is 26.7 Å². The predicted molar refractivity (Wildman–Crippen MR) is 95.8 cm³/mol. The molecule has 0 saturated carbocycles. The fourth-order valence-corrected chi connectivity index (χ4v) is 2.82. The monoisotopic (exact) mass is 322 g/mol. The van der Waals surface area contributed by atoms with E-state index >= 15 is 0 Å². The molecular weight excluding hydrogens is 300 g/mol. The number of aromatic nitrogens is 1. The molecular formula is C20H22N2O2. The van der Waals surface area contributed by atoms with Gasteiger partial charge < -0.3 is 4.74 Å². The highest BCUT2D eigenvalue weighted by Crippen LogP contribution is 2.17. The van der Waals surface area contributed by atoms with Gasteiger partial charge in [0.05, 0.1) is 12.1 Å². The van der Waals surface area contributed by atoms with Gasteiger partial charge in [-0.2, -0.15) is 0 Å². The lowest BCUT2D eigenvalue weighted by Gasteiger charge is -2.28. The number of carbonyl (C=O) groups excluding carboxylic acids is 1. The molecule has 4 nitrogen and oxygen atoms in total. The van der Waals surface area contributed by atoms with Gasteiger partial charge in [-0.1, -0.05) is 48.5 Å². The molecule has 0 saturated heterocycles. The van der Waals surface area contributed by atoms with Gasteiger partial charge in [0.15, 0.2) is 0 Å². The molecule has 24 heavy (non-hydrogen) atoms. The molecule has 1 aromatic heterocycles. The van der Waals surface area contributed by atoms with Crippen LogP contribution in [0.1, 0.15) is 19.4 Å². The summed E-state index contributed by atoms with van der Waals surface area (Å²) >= 11 is 0. The van der Waals surface area contributed by atoms with E-state index < -0.39 is 0 Å². The van der Waals surface area contributed by atoms with Crippen LogP contribution in [0.3, 0.4) is 0 Å². The third kappa shape index (κ3) is 3.34. The standard InChI is InChI=1S/C20H22N2O2/c1-3-21(16(2)24-15-17-9-5-4-6-10-17)20(23)22-14-13-18-11-7-8-12-19(18)22/h4-14,16H,3,15H2,1-2H3. The highest BCUT2D eigenvalue weighted by atomic mass is 16.5. The summed E-state index contributed by atoms with van der Waals surface area (Å²) in [7, 11) is 0. The molecule has 2 aromatic carbocycles. The lowest BCUT2D eigenvalue weighted by Crippen LogP contribution is -2.42. The number of amides is 1. The fourth-order valence-electron chi connectivity index (χ4n) is 2.82. The van der Waals surface area contributed by atoms with Crippen molar-refractivity contribution >= 4 is 16.9 Å². The van der Waals surface area contributed by atoms with Crippen LogP contribution in [-0.2, 0) is 11.3 Å². The predicted octanol–water partition coefficient (Wildman–Crippen LogP) is 4.49. The first-order valence-corrected chi connectivity index (χ1v) is 8.23. The van der Waals surface area contributed by atoms with Crippen LogP contribution in [0, 0.1) is 0 Å². The molecule has 0 N–H and O–H groups in total. The summed E-state index contributed by atoms with van der Waals surface area (Å²) in [6.45, 7) is 4.95. The smallest absolute Gasteiger partial charge is 0.330 e. The second-order valence-corrected chi connectivity index (χ2v) is 5.71. The van der Waals surface area contributed by atoms with Crippen molar-refractivity contribution in [2.75, 3.05) is 6.54 Å². The molecule has 0 radical (unpaired) electrons. The van der Waals surface area contributed by atoms with E-state index in [-0.39, 0.29) is 12.3 Å². The van der Waals surface area contributed by atoms with Crippen LogP contribution in [0.25, 0.3) is 10.9 Å². The van der Waals surface area contributed by atoms with Crippen molar-refractivity contribution in [1.82, 2.24) is 9.47 Å². The van der Waals surface area contributed by atoms with Gasteiger partial charge in [-0.15, -0.1) is 0 Å². The second-order valence-electron chi connectivity index (χ2n) is 5.71. The van der Waals surface area contributed by atoms with Crippen molar-refractivity contribution in [3.05, 3.63) is 72.4 Å². The van der Waals surface area contributed by atoms with Crippen LogP contribution in [0.5, 0.6) is 0 Å². The molecule has 0 spiro atoms. The van der Waals surface area contributed by atoms with Crippen molar-refractivity contribution in [2.24, 2.45) is 0 Å². The largest absolute Gasteiger partial charge is 0.354 e. The molecule has 0 aliphatic carbocycles. The number of carbonyl (C=O) groups is 1. The van der Waals surface area contributed by atoms with Crippen LogP contribution in [0.15, 0.2) is 66.9 Å². The minimum absolute atomic E-state index is 0.0701. The summed E-state index contributed by atoms with van der Waals surface area (Å²) in [4.78, 5) is 14.6. The van der Waals surface area contributed by atoms with Crippen molar-refractivity contribution in [3.63, 3.8) is 0 Å². The van der Waals surface area contributed by atoms with Gasteiger partial charge in [-0.25, -0.2) is 4.79 Å². The molecule has 3 aromatic rings. The van der Waals surface area contributed by atoms with Crippen LogP contribution in [0.4, 0.5) is 4.79 Å². The van der Waals surface area contributed by atoms with Crippen molar-refractivity contribution in [1.29, 1.82) is 0 Å². The van der Waals surface area contributed by atoms with Gasteiger partial charge in [0, 0.05) is 18.1 Å². The van der Waals surface area contributed by atoms with E-state index in [2.05, 4.69) is 0 Å². The number of benzene rings is 2. The fraction of sp³-hybridized carbons (Fsp3) is 0.250. The first kappa shape index (κ1) is 16.3. The van der Waals surface area contributed by atoms with Gasteiger partial charge in [-0.3, -0.25) is 9.47 Å². The Morgan fingerprint density at radius 1 is 1.08 bits per heavy atom. The number of hydrogen-bond acceptors (Lipinski definition) is 2. The van der Waals surface area contributed by atoms with Gasteiger partial charge in [0.2, 0.25) is 0 Å². The lowest BCUT2D eigenvalue weighted by molar-refractivity contribution is -0.0328. The maximum atomic E-state index is 12.9. The average Bonchev–Trinajstić information content (AvgIpc) is 3.05. The molecule has 124 valence electrons. The maximum absolute atomic E-state index is 12.9. The quantitative estimate of drug-likeness (QED) is 0.648. The maximum Gasteiger partial charge on any atom is 0.330 e. The first-order chi connectivity index (χ1) is 11.7.